The van der Waals surface area contributed by atoms with Crippen LogP contribution in [-0.4, -0.2) is 5.78 Å². The van der Waals surface area contributed by atoms with E-state index in [1.54, 1.807) is 18.2 Å². The lowest BCUT2D eigenvalue weighted by Crippen LogP contribution is -2.01. The van der Waals surface area contributed by atoms with E-state index in [0.29, 0.717) is 16.1 Å². The first-order valence-electron chi connectivity index (χ1n) is 6.55. The monoisotopic (exact) mass is 294 g/mol. The molecule has 0 bridgehead atoms. The molecule has 21 heavy (non-hydrogen) atoms. The van der Waals surface area contributed by atoms with Gasteiger partial charge in [-0.3, -0.25) is 4.79 Å². The highest BCUT2D eigenvalue weighted by Gasteiger charge is 2.16. The van der Waals surface area contributed by atoms with Gasteiger partial charge in [-0.1, -0.05) is 48.5 Å². The minimum absolute atomic E-state index is 0.0424. The van der Waals surface area contributed by atoms with E-state index in [9.17, 15) is 4.79 Å². The summed E-state index contributed by atoms with van der Waals surface area (Å²) in [4.78, 5) is 13.0. The van der Waals surface area contributed by atoms with Crippen LogP contribution in [-0.2, 0) is 0 Å². The Kier molecular flexibility index (Phi) is 3.71. The van der Waals surface area contributed by atoms with Gasteiger partial charge in [0.2, 0.25) is 5.78 Å². The number of benzene rings is 2. The fraction of sp³-hybridized carbons (Fsp3) is 0. The van der Waals surface area contributed by atoms with Crippen LogP contribution in [0.15, 0.2) is 66.7 Å². The van der Waals surface area contributed by atoms with Gasteiger partial charge in [0.05, 0.1) is 10.7 Å². The summed E-state index contributed by atoms with van der Waals surface area (Å²) in [6.45, 7) is 0. The van der Waals surface area contributed by atoms with E-state index < -0.39 is 0 Å². The van der Waals surface area contributed by atoms with E-state index >= 15 is 0 Å². The van der Waals surface area contributed by atoms with Gasteiger partial charge >= 0.3 is 0 Å². The highest BCUT2D eigenvalue weighted by atomic mass is 32.1. The molecule has 0 unspecified atom stereocenters. The second kappa shape index (κ2) is 5.81. The number of hydrogen-bond acceptors (Lipinski definition) is 4. The maximum Gasteiger partial charge on any atom is 0.205 e. The molecule has 0 radical (unpaired) electrons. The van der Waals surface area contributed by atoms with Crippen LogP contribution in [0.4, 0.5) is 16.4 Å². The van der Waals surface area contributed by atoms with Gasteiger partial charge in [-0.05, 0) is 18.2 Å². The van der Waals surface area contributed by atoms with Gasteiger partial charge in [0.25, 0.3) is 0 Å². The summed E-state index contributed by atoms with van der Waals surface area (Å²) in [5.74, 6) is -0.0424. The van der Waals surface area contributed by atoms with Gasteiger partial charge in [0, 0.05) is 11.3 Å². The van der Waals surface area contributed by atoms with Crippen LogP contribution in [0.1, 0.15) is 15.2 Å². The Morgan fingerprint density at radius 2 is 1.57 bits per heavy atom. The summed E-state index contributed by atoms with van der Waals surface area (Å²) in [6, 6.07) is 20.8. The standard InChI is InChI=1S/C17H14N2OS/c18-14-11-15(19-13-9-5-2-6-10-13)21-17(14)16(20)12-7-3-1-4-8-12/h1-11,19H,18H2. The lowest BCUT2D eigenvalue weighted by Gasteiger charge is -2.01. The molecule has 0 saturated heterocycles. The Morgan fingerprint density at radius 3 is 2.24 bits per heavy atom. The van der Waals surface area contributed by atoms with Crippen molar-refractivity contribution in [3.8, 4) is 0 Å². The van der Waals surface area contributed by atoms with Crippen molar-refractivity contribution in [2.75, 3.05) is 11.1 Å². The van der Waals surface area contributed by atoms with E-state index in [2.05, 4.69) is 5.32 Å². The lowest BCUT2D eigenvalue weighted by molar-refractivity contribution is 0.104. The van der Waals surface area contributed by atoms with Crippen LogP contribution >= 0.6 is 11.3 Å². The molecule has 0 amide bonds. The van der Waals surface area contributed by atoms with Gasteiger partial charge in [0.1, 0.15) is 4.88 Å². The average molecular weight is 294 g/mol. The molecule has 1 aromatic heterocycles. The number of carbonyl (C=O) groups is 1. The Bertz CT molecular complexity index is 751. The van der Waals surface area contributed by atoms with Crippen molar-refractivity contribution in [2.24, 2.45) is 0 Å². The van der Waals surface area contributed by atoms with Gasteiger partial charge in [0.15, 0.2) is 0 Å². The van der Waals surface area contributed by atoms with Crippen LogP contribution in [0.5, 0.6) is 0 Å². The largest absolute Gasteiger partial charge is 0.397 e. The van der Waals surface area contributed by atoms with Crippen LogP contribution in [0.3, 0.4) is 0 Å². The zero-order valence-corrected chi connectivity index (χ0v) is 12.1. The van der Waals surface area contributed by atoms with Crippen molar-refractivity contribution < 1.29 is 4.79 Å². The second-order valence-electron chi connectivity index (χ2n) is 4.58. The Balaban J connectivity index is 1.86. The predicted molar refractivity (Wildman–Crippen MR) is 88.3 cm³/mol. The van der Waals surface area contributed by atoms with Crippen LogP contribution < -0.4 is 11.1 Å². The summed E-state index contributed by atoms with van der Waals surface area (Å²) in [6.07, 6.45) is 0. The number of hydrogen-bond donors (Lipinski definition) is 2. The van der Waals surface area contributed by atoms with E-state index in [-0.39, 0.29) is 5.78 Å². The predicted octanol–water partition coefficient (Wildman–Crippen LogP) is 4.30. The summed E-state index contributed by atoms with van der Waals surface area (Å²) < 4.78 is 0. The summed E-state index contributed by atoms with van der Waals surface area (Å²) >= 11 is 1.37. The summed E-state index contributed by atoms with van der Waals surface area (Å²) in [7, 11) is 0. The maximum absolute atomic E-state index is 12.4. The number of thiophene rings is 1. The number of nitrogens with one attached hydrogen (secondary N) is 1. The van der Waals surface area contributed by atoms with Crippen LogP contribution in [0, 0.1) is 0 Å². The number of nitrogen functional groups attached to an aromatic ring is 1. The molecule has 2 aromatic carbocycles. The van der Waals surface area contributed by atoms with Crippen molar-refractivity contribution in [1.82, 2.24) is 0 Å². The van der Waals surface area contributed by atoms with Crippen LogP contribution in [0.2, 0.25) is 0 Å². The number of ketones is 1. The van der Waals surface area contributed by atoms with Gasteiger partial charge < -0.3 is 11.1 Å². The molecule has 0 fully saturated rings. The SMILES string of the molecule is Nc1cc(Nc2ccccc2)sc1C(=O)c1ccccc1. The quantitative estimate of drug-likeness (QED) is 0.705. The van der Waals surface area contributed by atoms with E-state index in [1.165, 1.54) is 11.3 Å². The molecule has 4 heteroatoms. The first-order chi connectivity index (χ1) is 10.2. The number of rotatable bonds is 4. The maximum atomic E-state index is 12.4. The lowest BCUT2D eigenvalue weighted by atomic mass is 10.1. The average Bonchev–Trinajstić information content (AvgIpc) is 2.89. The summed E-state index contributed by atoms with van der Waals surface area (Å²) in [5, 5.41) is 4.12. The molecule has 3 N–H and O–H groups in total. The molecule has 0 spiro atoms. The minimum Gasteiger partial charge on any atom is -0.397 e. The van der Waals surface area contributed by atoms with Crippen molar-refractivity contribution in [2.45, 2.75) is 0 Å². The van der Waals surface area contributed by atoms with Gasteiger partial charge in [-0.15, -0.1) is 11.3 Å². The van der Waals surface area contributed by atoms with Crippen molar-refractivity contribution in [3.05, 3.63) is 77.2 Å². The zero-order valence-electron chi connectivity index (χ0n) is 11.2. The Morgan fingerprint density at radius 1 is 0.952 bits per heavy atom. The zero-order chi connectivity index (χ0) is 14.7. The molecule has 3 nitrogen and oxygen atoms in total. The smallest absolute Gasteiger partial charge is 0.205 e. The van der Waals surface area contributed by atoms with Gasteiger partial charge in [-0.25, -0.2) is 0 Å². The molecule has 0 aliphatic carbocycles. The normalized spacial score (nSPS) is 10.3. The Hall–Kier alpha value is -2.59. The first kappa shape index (κ1) is 13.4. The minimum atomic E-state index is -0.0424. The molecular formula is C17H14N2OS. The van der Waals surface area contributed by atoms with E-state index in [4.69, 9.17) is 5.73 Å². The second-order valence-corrected chi connectivity index (χ2v) is 5.63. The third-order valence-electron chi connectivity index (χ3n) is 3.04. The fourth-order valence-corrected chi connectivity index (χ4v) is 2.99. The molecule has 1 heterocycles. The first-order valence-corrected chi connectivity index (χ1v) is 7.37. The number of nitrogens with two attached hydrogens (primary N) is 1. The number of para-hydroxylation sites is 1. The Labute approximate surface area is 127 Å². The molecular weight excluding hydrogens is 280 g/mol. The summed E-state index contributed by atoms with van der Waals surface area (Å²) in [5.41, 5.74) is 8.11. The van der Waals surface area contributed by atoms with E-state index in [0.717, 1.165) is 10.7 Å². The molecule has 0 saturated carbocycles. The third kappa shape index (κ3) is 2.95. The van der Waals surface area contributed by atoms with Crippen molar-refractivity contribution in [3.63, 3.8) is 0 Å². The van der Waals surface area contributed by atoms with Gasteiger partial charge in [-0.2, -0.15) is 0 Å². The third-order valence-corrected chi connectivity index (χ3v) is 4.11. The van der Waals surface area contributed by atoms with Crippen LogP contribution in [0.25, 0.3) is 0 Å². The van der Waals surface area contributed by atoms with E-state index in [1.807, 2.05) is 48.5 Å². The molecule has 0 atom stereocenters. The highest BCUT2D eigenvalue weighted by Crippen LogP contribution is 2.33. The topological polar surface area (TPSA) is 55.1 Å². The molecule has 0 aliphatic heterocycles. The molecule has 104 valence electrons. The number of anilines is 3. The fourth-order valence-electron chi connectivity index (χ4n) is 2.03. The molecule has 0 aliphatic rings. The number of carbonyl (C=O) groups excluding carboxylic acids is 1. The highest BCUT2D eigenvalue weighted by molar-refractivity contribution is 7.18. The van der Waals surface area contributed by atoms with Crippen molar-refractivity contribution >= 4 is 33.5 Å². The molecule has 3 aromatic rings. The molecule has 3 rings (SSSR count). The van der Waals surface area contributed by atoms with Crippen molar-refractivity contribution in [1.29, 1.82) is 0 Å².